The van der Waals surface area contributed by atoms with Gasteiger partial charge in [0.25, 0.3) is 0 Å². The number of halogens is 1. The van der Waals surface area contributed by atoms with E-state index < -0.39 is 0 Å². The fourth-order valence-electron chi connectivity index (χ4n) is 2.38. The van der Waals surface area contributed by atoms with Crippen molar-refractivity contribution in [3.63, 3.8) is 0 Å². The number of likely N-dealkylation sites (N-methyl/N-ethyl adjacent to an activating group) is 1. The van der Waals surface area contributed by atoms with Crippen molar-refractivity contribution in [2.24, 2.45) is 4.99 Å². The van der Waals surface area contributed by atoms with Crippen molar-refractivity contribution < 1.29 is 14.3 Å². The van der Waals surface area contributed by atoms with Gasteiger partial charge in [-0.25, -0.2) is 4.99 Å². The molecule has 0 aliphatic carbocycles. The average Bonchev–Trinajstić information content (AvgIpc) is 2.67. The number of methoxy groups -OCH3 is 2. The zero-order chi connectivity index (χ0) is 19.4. The SMILES string of the molecule is CCCNC(=O)CN=C(NCC)N(C)CCc1ccc(OC)c(OC)c1.I. The van der Waals surface area contributed by atoms with Gasteiger partial charge in [-0.3, -0.25) is 4.79 Å². The van der Waals surface area contributed by atoms with E-state index in [2.05, 4.69) is 15.6 Å². The van der Waals surface area contributed by atoms with Gasteiger partial charge in [0.2, 0.25) is 5.91 Å². The van der Waals surface area contributed by atoms with E-state index in [0.29, 0.717) is 6.54 Å². The highest BCUT2D eigenvalue weighted by molar-refractivity contribution is 14.0. The number of hydrogen-bond donors (Lipinski definition) is 2. The van der Waals surface area contributed by atoms with Crippen LogP contribution in [0.5, 0.6) is 11.5 Å². The van der Waals surface area contributed by atoms with E-state index in [-0.39, 0.29) is 36.4 Å². The minimum absolute atomic E-state index is 0. The second kappa shape index (κ2) is 14.4. The van der Waals surface area contributed by atoms with Crippen LogP contribution in [-0.2, 0) is 11.2 Å². The Balaban J connectivity index is 0.00000676. The van der Waals surface area contributed by atoms with Crippen LogP contribution in [0.4, 0.5) is 0 Å². The molecule has 0 heterocycles. The minimum atomic E-state index is -0.0597. The lowest BCUT2D eigenvalue weighted by Crippen LogP contribution is -2.40. The summed E-state index contributed by atoms with van der Waals surface area (Å²) in [7, 11) is 5.22. The van der Waals surface area contributed by atoms with Crippen LogP contribution in [0.3, 0.4) is 0 Å². The molecule has 0 fully saturated rings. The lowest BCUT2D eigenvalue weighted by Gasteiger charge is -2.22. The van der Waals surface area contributed by atoms with Gasteiger partial charge in [-0.05, 0) is 37.5 Å². The highest BCUT2D eigenvalue weighted by Crippen LogP contribution is 2.27. The lowest BCUT2D eigenvalue weighted by atomic mass is 10.1. The van der Waals surface area contributed by atoms with Gasteiger partial charge in [0.05, 0.1) is 14.2 Å². The molecule has 2 N–H and O–H groups in total. The van der Waals surface area contributed by atoms with Gasteiger partial charge in [0, 0.05) is 26.7 Å². The zero-order valence-electron chi connectivity index (χ0n) is 17.0. The maximum absolute atomic E-state index is 11.8. The third-order valence-corrected chi connectivity index (χ3v) is 3.82. The number of aliphatic imine (C=N–C) groups is 1. The topological polar surface area (TPSA) is 75.2 Å². The van der Waals surface area contributed by atoms with Gasteiger partial charge in [0.15, 0.2) is 17.5 Å². The molecule has 0 aliphatic rings. The maximum atomic E-state index is 11.8. The molecule has 1 rings (SSSR count). The zero-order valence-corrected chi connectivity index (χ0v) is 19.3. The van der Waals surface area contributed by atoms with Crippen molar-refractivity contribution in [2.75, 3.05) is 47.4 Å². The van der Waals surface area contributed by atoms with E-state index in [4.69, 9.17) is 9.47 Å². The van der Waals surface area contributed by atoms with Gasteiger partial charge in [0.1, 0.15) is 6.54 Å². The lowest BCUT2D eigenvalue weighted by molar-refractivity contribution is -0.119. The smallest absolute Gasteiger partial charge is 0.241 e. The summed E-state index contributed by atoms with van der Waals surface area (Å²) in [5.74, 6) is 2.11. The first-order valence-corrected chi connectivity index (χ1v) is 9.02. The van der Waals surface area contributed by atoms with E-state index in [1.54, 1.807) is 14.2 Å². The Kier molecular flexibility index (Phi) is 13.5. The summed E-state index contributed by atoms with van der Waals surface area (Å²) in [4.78, 5) is 18.2. The standard InChI is InChI=1S/C19H32N4O3.HI/c1-6-11-21-18(24)14-22-19(20-7-2)23(3)12-10-15-8-9-16(25-4)17(13-15)26-5;/h8-9,13H,6-7,10-12,14H2,1-5H3,(H,20,22)(H,21,24);1H. The molecule has 0 saturated carbocycles. The molecule has 1 aromatic rings. The molecule has 0 unspecified atom stereocenters. The Labute approximate surface area is 179 Å². The Morgan fingerprint density at radius 2 is 1.85 bits per heavy atom. The van der Waals surface area contributed by atoms with E-state index in [1.807, 2.05) is 44.0 Å². The van der Waals surface area contributed by atoms with Gasteiger partial charge >= 0.3 is 0 Å². The molecule has 0 atom stereocenters. The predicted octanol–water partition coefficient (Wildman–Crippen LogP) is 2.29. The second-order valence-corrected chi connectivity index (χ2v) is 5.88. The molecule has 27 heavy (non-hydrogen) atoms. The Bertz CT molecular complexity index is 596. The number of amides is 1. The second-order valence-electron chi connectivity index (χ2n) is 5.88. The molecule has 0 saturated heterocycles. The normalized spacial score (nSPS) is 10.6. The number of hydrogen-bond acceptors (Lipinski definition) is 4. The number of nitrogens with zero attached hydrogens (tertiary/aromatic N) is 2. The molecular formula is C19H33IN4O3. The predicted molar refractivity (Wildman–Crippen MR) is 121 cm³/mol. The Morgan fingerprint density at radius 1 is 1.15 bits per heavy atom. The van der Waals surface area contributed by atoms with Crippen LogP contribution in [0.15, 0.2) is 23.2 Å². The van der Waals surface area contributed by atoms with Crippen LogP contribution in [0.2, 0.25) is 0 Å². The van der Waals surface area contributed by atoms with Crippen LogP contribution in [0.25, 0.3) is 0 Å². The molecule has 7 nitrogen and oxygen atoms in total. The van der Waals surface area contributed by atoms with Crippen molar-refractivity contribution in [2.45, 2.75) is 26.7 Å². The molecule has 1 aromatic carbocycles. The molecule has 0 radical (unpaired) electrons. The fourth-order valence-corrected chi connectivity index (χ4v) is 2.38. The van der Waals surface area contributed by atoms with Crippen molar-refractivity contribution in [3.8, 4) is 11.5 Å². The third-order valence-electron chi connectivity index (χ3n) is 3.82. The first-order chi connectivity index (χ1) is 12.5. The number of benzene rings is 1. The highest BCUT2D eigenvalue weighted by Gasteiger charge is 2.09. The van der Waals surface area contributed by atoms with Crippen LogP contribution in [-0.4, -0.2) is 64.2 Å². The van der Waals surface area contributed by atoms with Gasteiger partial charge in [-0.2, -0.15) is 0 Å². The van der Waals surface area contributed by atoms with E-state index in [0.717, 1.165) is 49.0 Å². The maximum Gasteiger partial charge on any atom is 0.241 e. The summed E-state index contributed by atoms with van der Waals surface area (Å²) in [6.45, 7) is 6.35. The number of nitrogens with one attached hydrogen (secondary N) is 2. The van der Waals surface area contributed by atoms with Crippen LogP contribution >= 0.6 is 24.0 Å². The molecule has 154 valence electrons. The molecule has 0 spiro atoms. The van der Waals surface area contributed by atoms with Crippen molar-refractivity contribution >= 4 is 35.8 Å². The quantitative estimate of drug-likeness (QED) is 0.298. The largest absolute Gasteiger partial charge is 0.493 e. The van der Waals surface area contributed by atoms with E-state index in [9.17, 15) is 4.79 Å². The van der Waals surface area contributed by atoms with Crippen LogP contribution in [0, 0.1) is 0 Å². The minimum Gasteiger partial charge on any atom is -0.493 e. The first kappa shape index (κ1) is 25.3. The monoisotopic (exact) mass is 492 g/mol. The summed E-state index contributed by atoms with van der Waals surface area (Å²) in [6.07, 6.45) is 1.74. The van der Waals surface area contributed by atoms with Gasteiger partial charge in [-0.1, -0.05) is 13.0 Å². The number of guanidine groups is 1. The molecule has 0 bridgehead atoms. The first-order valence-electron chi connectivity index (χ1n) is 9.02. The Morgan fingerprint density at radius 3 is 2.44 bits per heavy atom. The number of ether oxygens (including phenoxy) is 2. The van der Waals surface area contributed by atoms with Crippen molar-refractivity contribution in [1.82, 2.24) is 15.5 Å². The summed E-state index contributed by atoms with van der Waals surface area (Å²) >= 11 is 0. The molecule has 0 aromatic heterocycles. The summed E-state index contributed by atoms with van der Waals surface area (Å²) in [6, 6.07) is 5.91. The average molecular weight is 492 g/mol. The highest BCUT2D eigenvalue weighted by atomic mass is 127. The summed E-state index contributed by atoms with van der Waals surface area (Å²) < 4.78 is 10.6. The molecule has 1 amide bonds. The fraction of sp³-hybridized carbons (Fsp3) is 0.579. The van der Waals surface area contributed by atoms with Crippen molar-refractivity contribution in [1.29, 1.82) is 0 Å². The number of rotatable bonds is 10. The van der Waals surface area contributed by atoms with Gasteiger partial charge < -0.3 is 25.0 Å². The van der Waals surface area contributed by atoms with E-state index >= 15 is 0 Å². The third kappa shape index (κ3) is 9.16. The Hall–Kier alpha value is -1.71. The summed E-state index contributed by atoms with van der Waals surface area (Å²) in [5.41, 5.74) is 1.14. The number of carbonyl (C=O) groups excluding carboxylic acids is 1. The van der Waals surface area contributed by atoms with E-state index in [1.165, 1.54) is 0 Å². The summed E-state index contributed by atoms with van der Waals surface area (Å²) in [5, 5.41) is 6.05. The molecule has 0 aliphatic heterocycles. The number of carbonyl (C=O) groups is 1. The van der Waals surface area contributed by atoms with Crippen LogP contribution in [0.1, 0.15) is 25.8 Å². The van der Waals surface area contributed by atoms with Gasteiger partial charge in [-0.15, -0.1) is 24.0 Å². The molecule has 8 heteroatoms. The molecular weight excluding hydrogens is 459 g/mol. The van der Waals surface area contributed by atoms with Crippen LogP contribution < -0.4 is 20.1 Å². The van der Waals surface area contributed by atoms with Crippen molar-refractivity contribution in [3.05, 3.63) is 23.8 Å².